The Morgan fingerprint density at radius 3 is 2.20 bits per heavy atom. The molecule has 15 heavy (non-hydrogen) atoms. The Morgan fingerprint density at radius 1 is 1.00 bits per heavy atom. The molecule has 1 N–H and O–H groups in total. The molecule has 5 unspecified atom stereocenters. The summed E-state index contributed by atoms with van der Waals surface area (Å²) in [5.74, 6) is 3.87. The number of rotatable bonds is 4. The molecule has 0 aromatic heterocycles. The highest BCUT2D eigenvalue weighted by Crippen LogP contribution is 2.49. The van der Waals surface area contributed by atoms with Gasteiger partial charge in [-0.3, -0.25) is 0 Å². The van der Waals surface area contributed by atoms with E-state index in [4.69, 9.17) is 0 Å². The van der Waals surface area contributed by atoms with Crippen LogP contribution in [0.3, 0.4) is 0 Å². The minimum absolute atomic E-state index is 0.666. The Kier molecular flexibility index (Phi) is 3.39. The van der Waals surface area contributed by atoms with Crippen LogP contribution in [-0.2, 0) is 0 Å². The standard InChI is InChI=1S/C14H27N/c1-9(2)10(3)15-11(4)14-8-12-5-6-13(14)7-12/h9-15H,5-8H2,1-4H3. The van der Waals surface area contributed by atoms with Crippen LogP contribution in [0, 0.1) is 23.7 Å². The van der Waals surface area contributed by atoms with Crippen LogP contribution in [0.4, 0.5) is 0 Å². The zero-order valence-corrected chi connectivity index (χ0v) is 10.8. The van der Waals surface area contributed by atoms with Gasteiger partial charge in [0, 0.05) is 12.1 Å². The molecule has 1 nitrogen and oxygen atoms in total. The van der Waals surface area contributed by atoms with Crippen LogP contribution in [-0.4, -0.2) is 12.1 Å². The maximum absolute atomic E-state index is 3.81. The molecule has 2 aliphatic carbocycles. The number of hydrogen-bond donors (Lipinski definition) is 1. The zero-order chi connectivity index (χ0) is 11.0. The molecule has 0 aromatic rings. The van der Waals surface area contributed by atoms with E-state index >= 15 is 0 Å². The van der Waals surface area contributed by atoms with E-state index in [1.54, 1.807) is 0 Å². The highest BCUT2D eigenvalue weighted by molar-refractivity contribution is 4.94. The van der Waals surface area contributed by atoms with Crippen molar-refractivity contribution < 1.29 is 0 Å². The van der Waals surface area contributed by atoms with Crippen LogP contribution in [0.1, 0.15) is 53.4 Å². The summed E-state index contributed by atoms with van der Waals surface area (Å²) in [6.45, 7) is 9.36. The highest BCUT2D eigenvalue weighted by Gasteiger charge is 2.41. The van der Waals surface area contributed by atoms with Gasteiger partial charge in [-0.2, -0.15) is 0 Å². The molecule has 2 aliphatic rings. The van der Waals surface area contributed by atoms with Crippen molar-refractivity contribution in [3.8, 4) is 0 Å². The largest absolute Gasteiger partial charge is 0.311 e. The van der Waals surface area contributed by atoms with E-state index in [2.05, 4.69) is 33.0 Å². The van der Waals surface area contributed by atoms with Gasteiger partial charge >= 0.3 is 0 Å². The van der Waals surface area contributed by atoms with Crippen LogP contribution in [0.15, 0.2) is 0 Å². The Morgan fingerprint density at radius 2 is 1.73 bits per heavy atom. The molecule has 88 valence electrons. The van der Waals surface area contributed by atoms with E-state index in [1.165, 1.54) is 25.7 Å². The van der Waals surface area contributed by atoms with Crippen molar-refractivity contribution in [2.24, 2.45) is 23.7 Å². The van der Waals surface area contributed by atoms with Crippen LogP contribution in [0.2, 0.25) is 0 Å². The third-order valence-electron chi connectivity index (χ3n) is 4.96. The van der Waals surface area contributed by atoms with Gasteiger partial charge < -0.3 is 5.32 Å². The fraction of sp³-hybridized carbons (Fsp3) is 1.00. The van der Waals surface area contributed by atoms with Crippen LogP contribution < -0.4 is 5.32 Å². The second-order valence-electron chi connectivity index (χ2n) is 6.33. The molecule has 5 atom stereocenters. The summed E-state index contributed by atoms with van der Waals surface area (Å²) < 4.78 is 0. The van der Waals surface area contributed by atoms with E-state index < -0.39 is 0 Å². The predicted molar refractivity (Wildman–Crippen MR) is 65.8 cm³/mol. The molecule has 2 fully saturated rings. The predicted octanol–water partition coefficient (Wildman–Crippen LogP) is 3.45. The van der Waals surface area contributed by atoms with Crippen molar-refractivity contribution in [1.82, 2.24) is 5.32 Å². The fourth-order valence-corrected chi connectivity index (χ4v) is 3.64. The minimum Gasteiger partial charge on any atom is -0.311 e. The number of fused-ring (bicyclic) bond motifs is 2. The van der Waals surface area contributed by atoms with Gasteiger partial charge in [0.05, 0.1) is 0 Å². The van der Waals surface area contributed by atoms with Gasteiger partial charge in [-0.05, 0) is 56.8 Å². The summed E-state index contributed by atoms with van der Waals surface area (Å²) in [6, 6.07) is 1.40. The number of hydrogen-bond acceptors (Lipinski definition) is 1. The van der Waals surface area contributed by atoms with Crippen molar-refractivity contribution in [2.45, 2.75) is 65.5 Å². The van der Waals surface area contributed by atoms with E-state index in [0.717, 1.165) is 29.7 Å². The SMILES string of the molecule is CC(C)C(C)NC(C)C1CC2CCC1C2. The molecule has 0 aromatic carbocycles. The van der Waals surface area contributed by atoms with Gasteiger partial charge in [-0.1, -0.05) is 20.3 Å². The second-order valence-corrected chi connectivity index (χ2v) is 6.33. The topological polar surface area (TPSA) is 12.0 Å². The monoisotopic (exact) mass is 209 g/mol. The first-order chi connectivity index (χ1) is 7.08. The van der Waals surface area contributed by atoms with Gasteiger partial charge in [0.25, 0.3) is 0 Å². The maximum atomic E-state index is 3.81. The molecule has 2 bridgehead atoms. The molecule has 1 heteroatoms. The maximum Gasteiger partial charge on any atom is 0.00723 e. The lowest BCUT2D eigenvalue weighted by molar-refractivity contribution is 0.234. The summed E-state index contributed by atoms with van der Waals surface area (Å²) in [4.78, 5) is 0. The third kappa shape index (κ3) is 2.38. The van der Waals surface area contributed by atoms with Crippen molar-refractivity contribution in [2.75, 3.05) is 0 Å². The van der Waals surface area contributed by atoms with E-state index in [0.29, 0.717) is 6.04 Å². The molecule has 0 aliphatic heterocycles. The van der Waals surface area contributed by atoms with Crippen molar-refractivity contribution in [3.63, 3.8) is 0 Å². The first kappa shape index (κ1) is 11.4. The molecule has 0 amide bonds. The third-order valence-corrected chi connectivity index (χ3v) is 4.96. The lowest BCUT2D eigenvalue weighted by Gasteiger charge is -2.32. The lowest BCUT2D eigenvalue weighted by atomic mass is 9.83. The summed E-state index contributed by atoms with van der Waals surface area (Å²) in [5.41, 5.74) is 0. The average Bonchev–Trinajstić information content (AvgIpc) is 2.78. The van der Waals surface area contributed by atoms with Crippen molar-refractivity contribution in [3.05, 3.63) is 0 Å². The molecule has 0 spiro atoms. The Labute approximate surface area is 95.0 Å². The normalized spacial score (nSPS) is 38.6. The van der Waals surface area contributed by atoms with Gasteiger partial charge in [-0.15, -0.1) is 0 Å². The summed E-state index contributed by atoms with van der Waals surface area (Å²) >= 11 is 0. The number of nitrogens with one attached hydrogen (secondary N) is 1. The lowest BCUT2D eigenvalue weighted by Crippen LogP contribution is -2.43. The smallest absolute Gasteiger partial charge is 0.00723 e. The molecular weight excluding hydrogens is 182 g/mol. The van der Waals surface area contributed by atoms with Gasteiger partial charge in [0.2, 0.25) is 0 Å². The quantitative estimate of drug-likeness (QED) is 0.748. The summed E-state index contributed by atoms with van der Waals surface area (Å²) in [6.07, 6.45) is 6.07. The van der Waals surface area contributed by atoms with Gasteiger partial charge in [0.15, 0.2) is 0 Å². The van der Waals surface area contributed by atoms with Crippen LogP contribution >= 0.6 is 0 Å². The Bertz CT molecular complexity index is 211. The average molecular weight is 209 g/mol. The molecule has 2 rings (SSSR count). The van der Waals surface area contributed by atoms with Gasteiger partial charge in [-0.25, -0.2) is 0 Å². The summed E-state index contributed by atoms with van der Waals surface area (Å²) in [7, 11) is 0. The first-order valence-corrected chi connectivity index (χ1v) is 6.84. The molecular formula is C14H27N. The molecule has 0 saturated heterocycles. The molecule has 2 saturated carbocycles. The highest BCUT2D eigenvalue weighted by atomic mass is 15.0. The minimum atomic E-state index is 0.666. The molecule has 0 radical (unpaired) electrons. The van der Waals surface area contributed by atoms with E-state index in [-0.39, 0.29) is 0 Å². The van der Waals surface area contributed by atoms with Crippen molar-refractivity contribution in [1.29, 1.82) is 0 Å². The van der Waals surface area contributed by atoms with Crippen LogP contribution in [0.25, 0.3) is 0 Å². The van der Waals surface area contributed by atoms with Crippen LogP contribution in [0.5, 0.6) is 0 Å². The Balaban J connectivity index is 1.83. The fourth-order valence-electron chi connectivity index (χ4n) is 3.64. The molecule has 0 heterocycles. The van der Waals surface area contributed by atoms with E-state index in [1.807, 2.05) is 0 Å². The van der Waals surface area contributed by atoms with Crippen molar-refractivity contribution >= 4 is 0 Å². The van der Waals surface area contributed by atoms with E-state index in [9.17, 15) is 0 Å². The summed E-state index contributed by atoms with van der Waals surface area (Å²) in [5, 5.41) is 3.81. The first-order valence-electron chi connectivity index (χ1n) is 6.84. The Hall–Kier alpha value is -0.0400. The zero-order valence-electron chi connectivity index (χ0n) is 10.8. The second kappa shape index (κ2) is 4.45. The van der Waals surface area contributed by atoms with Gasteiger partial charge in [0.1, 0.15) is 0 Å².